The summed E-state index contributed by atoms with van der Waals surface area (Å²) in [5.74, 6) is 0. The van der Waals surface area contributed by atoms with E-state index in [-0.39, 0.29) is 82.4 Å². The molecule has 0 saturated carbocycles. The van der Waals surface area contributed by atoms with Gasteiger partial charge < -0.3 is 27.4 Å². The SMILES string of the molecule is [Ge+4].[Li+].[O-2].[O-2].[O-2].[O-2].[O-2].[V]. The minimum atomic E-state index is 0. The van der Waals surface area contributed by atoms with E-state index in [0.29, 0.717) is 0 Å². The molecule has 1 radical (unpaired) electrons. The maximum absolute atomic E-state index is 0. The van der Waals surface area contributed by atoms with Gasteiger partial charge in [0.2, 0.25) is 0 Å². The Morgan fingerprint density at radius 1 is 0.500 bits per heavy atom. The van der Waals surface area contributed by atoms with Crippen molar-refractivity contribution in [1.29, 1.82) is 0 Å². The molecule has 0 aliphatic rings. The summed E-state index contributed by atoms with van der Waals surface area (Å²) in [7, 11) is 0. The van der Waals surface area contributed by atoms with Gasteiger partial charge in [-0.2, -0.15) is 0 Å². The first-order valence-electron chi connectivity index (χ1n) is 0. The Bertz CT molecular complexity index is 12.4. The van der Waals surface area contributed by atoms with E-state index >= 15 is 0 Å². The topological polar surface area (TPSA) is 142 Å². The fourth-order valence-electron chi connectivity index (χ4n) is 0. The molecule has 0 atom stereocenters. The maximum Gasteiger partial charge on any atom is 4.00 e. The minimum absolute atomic E-state index is 0. The van der Waals surface area contributed by atoms with E-state index in [9.17, 15) is 0 Å². The predicted octanol–water partition coefficient (Wildman–Crippen LogP) is -3.97. The Morgan fingerprint density at radius 2 is 0.500 bits per heavy atom. The van der Waals surface area contributed by atoms with Gasteiger partial charge in [0.05, 0.1) is 0 Å². The first-order valence-corrected chi connectivity index (χ1v) is 0. The molecule has 0 aliphatic heterocycles. The van der Waals surface area contributed by atoms with Gasteiger partial charge in [-0.25, -0.2) is 0 Å². The van der Waals surface area contributed by atoms with E-state index in [4.69, 9.17) is 0 Å². The van der Waals surface area contributed by atoms with Crippen LogP contribution < -0.4 is 18.9 Å². The largest absolute Gasteiger partial charge is 4.00 e. The third-order valence-electron chi connectivity index (χ3n) is 0. The van der Waals surface area contributed by atoms with Crippen LogP contribution in [-0.4, -0.2) is 17.6 Å². The van der Waals surface area contributed by atoms with Crippen LogP contribution in [0.3, 0.4) is 0 Å². The van der Waals surface area contributed by atoms with E-state index in [0.717, 1.165) is 0 Å². The van der Waals surface area contributed by atoms with Crippen LogP contribution in [0.4, 0.5) is 0 Å². The van der Waals surface area contributed by atoms with E-state index in [1.54, 1.807) is 0 Å². The molecule has 8 heteroatoms. The zero-order valence-corrected chi connectivity index (χ0v) is 7.48. The normalized spacial score (nSPS) is 0. The molecule has 5 nitrogen and oxygen atoms in total. The van der Waals surface area contributed by atoms with Crippen LogP contribution in [0.25, 0.3) is 0 Å². The standard InChI is InChI=1S/Ge.Li.5O.V/q+4;+1;5*-2;. The summed E-state index contributed by atoms with van der Waals surface area (Å²) >= 11 is 0. The Kier molecular flexibility index (Phi) is 7730. The Morgan fingerprint density at radius 3 is 0.500 bits per heavy atom. The van der Waals surface area contributed by atoms with Crippen molar-refractivity contribution in [3.05, 3.63) is 0 Å². The molecule has 0 bridgehead atoms. The molecule has 0 amide bonds. The van der Waals surface area contributed by atoms with E-state index < -0.39 is 0 Å². The van der Waals surface area contributed by atoms with Gasteiger partial charge in [-0.1, -0.05) is 0 Å². The van der Waals surface area contributed by atoms with Gasteiger partial charge in [0, 0.05) is 18.6 Å². The summed E-state index contributed by atoms with van der Waals surface area (Å²) in [4.78, 5) is 0. The van der Waals surface area contributed by atoms with Crippen molar-refractivity contribution >= 4 is 17.6 Å². The maximum atomic E-state index is 0. The number of hydrogen-bond donors (Lipinski definition) is 0. The number of hydrogen-bond acceptors (Lipinski definition) is 0. The second-order valence-electron chi connectivity index (χ2n) is 0. The number of rotatable bonds is 0. The van der Waals surface area contributed by atoms with Gasteiger partial charge in [0.15, 0.2) is 0 Å². The van der Waals surface area contributed by atoms with E-state index in [1.807, 2.05) is 0 Å². The predicted molar refractivity (Wildman–Crippen MR) is 9.19 cm³/mol. The fourth-order valence-corrected chi connectivity index (χ4v) is 0. The minimum Gasteiger partial charge on any atom is -2.00 e. The molecule has 0 aliphatic carbocycles. The third kappa shape index (κ3) is 138. The monoisotopic (exact) mass is 212 g/mol. The summed E-state index contributed by atoms with van der Waals surface area (Å²) in [5.41, 5.74) is 0. The fraction of sp³-hybridized carbons (Fsp3) is 0. The molecule has 8 heavy (non-hydrogen) atoms. The van der Waals surface area contributed by atoms with Crippen LogP contribution >= 0.6 is 0 Å². The van der Waals surface area contributed by atoms with Gasteiger partial charge in [-0.15, -0.1) is 0 Å². The summed E-state index contributed by atoms with van der Waals surface area (Å²) in [6.07, 6.45) is 0. The zero-order chi connectivity index (χ0) is 0. The zero-order valence-electron chi connectivity index (χ0n) is 3.99. The van der Waals surface area contributed by atoms with Crippen LogP contribution in [0, 0.1) is 0 Å². The van der Waals surface area contributed by atoms with Crippen LogP contribution in [0.1, 0.15) is 0 Å². The van der Waals surface area contributed by atoms with Crippen LogP contribution in [0.15, 0.2) is 0 Å². The van der Waals surface area contributed by atoms with E-state index in [2.05, 4.69) is 0 Å². The van der Waals surface area contributed by atoms with E-state index in [1.165, 1.54) is 0 Å². The van der Waals surface area contributed by atoms with Gasteiger partial charge in [0.1, 0.15) is 0 Å². The van der Waals surface area contributed by atoms with Crippen molar-refractivity contribution in [3.63, 3.8) is 0 Å². The molecule has 45 valence electrons. The first-order chi connectivity index (χ1) is 0. The second kappa shape index (κ2) is 208. The summed E-state index contributed by atoms with van der Waals surface area (Å²) in [6.45, 7) is 0. The van der Waals surface area contributed by atoms with Crippen LogP contribution in [0.2, 0.25) is 0 Å². The van der Waals surface area contributed by atoms with Crippen molar-refractivity contribution in [2.45, 2.75) is 0 Å². The molecular formula is GeLiO5V-5. The van der Waals surface area contributed by atoms with Crippen molar-refractivity contribution in [2.75, 3.05) is 0 Å². The van der Waals surface area contributed by atoms with Crippen LogP contribution in [-0.2, 0) is 45.9 Å². The quantitative estimate of drug-likeness (QED) is 0.359. The van der Waals surface area contributed by atoms with Gasteiger partial charge >= 0.3 is 36.5 Å². The summed E-state index contributed by atoms with van der Waals surface area (Å²) in [6, 6.07) is 0. The van der Waals surface area contributed by atoms with Crippen LogP contribution in [0.5, 0.6) is 0 Å². The molecule has 0 N–H and O–H groups in total. The molecule has 0 aromatic heterocycles. The Labute approximate surface area is 82.2 Å². The van der Waals surface area contributed by atoms with Gasteiger partial charge in [0.25, 0.3) is 0 Å². The molecule has 0 spiro atoms. The Balaban J connectivity index is 0. The first kappa shape index (κ1) is 298. The van der Waals surface area contributed by atoms with Crippen molar-refractivity contribution in [3.8, 4) is 0 Å². The molecule has 0 heterocycles. The second-order valence-corrected chi connectivity index (χ2v) is 0. The molecule has 0 unspecified atom stereocenters. The van der Waals surface area contributed by atoms with Crippen molar-refractivity contribution in [2.24, 2.45) is 0 Å². The van der Waals surface area contributed by atoms with Crippen molar-refractivity contribution < 1.29 is 64.8 Å². The Hall–Kier alpha value is 1.52. The molecule has 0 aromatic carbocycles. The molecule has 0 fully saturated rings. The average molecular weight is 210 g/mol. The summed E-state index contributed by atoms with van der Waals surface area (Å²) in [5, 5.41) is 0. The molecular weight excluding hydrogens is 210 g/mol. The molecule has 0 rings (SSSR count). The summed E-state index contributed by atoms with van der Waals surface area (Å²) < 4.78 is 0. The smallest absolute Gasteiger partial charge is 2.00 e. The third-order valence-corrected chi connectivity index (χ3v) is 0. The molecule has 0 aromatic rings. The molecule has 0 saturated heterocycles. The van der Waals surface area contributed by atoms with Gasteiger partial charge in [-0.3, -0.25) is 0 Å². The van der Waals surface area contributed by atoms with Crippen molar-refractivity contribution in [1.82, 2.24) is 0 Å². The average Bonchev–Trinajstić information content (AvgIpc) is 0. The van der Waals surface area contributed by atoms with Gasteiger partial charge in [-0.05, 0) is 0 Å².